The lowest BCUT2D eigenvalue weighted by molar-refractivity contribution is -0.0244. The largest absolute Gasteiger partial charge is 0.380 e. The van der Waals surface area contributed by atoms with Gasteiger partial charge in [-0.3, -0.25) is 4.84 Å². The van der Waals surface area contributed by atoms with Crippen molar-refractivity contribution >= 4 is 0 Å². The molecule has 0 radical (unpaired) electrons. The van der Waals surface area contributed by atoms with E-state index in [2.05, 4.69) is 29.7 Å². The van der Waals surface area contributed by atoms with Crippen molar-refractivity contribution in [2.45, 2.75) is 44.9 Å². The van der Waals surface area contributed by atoms with E-state index in [0.717, 1.165) is 6.54 Å². The van der Waals surface area contributed by atoms with Crippen molar-refractivity contribution in [3.05, 3.63) is 35.4 Å². The quantitative estimate of drug-likeness (QED) is 0.769. The van der Waals surface area contributed by atoms with E-state index in [1.54, 1.807) is 7.11 Å². The van der Waals surface area contributed by atoms with Gasteiger partial charge in [0.2, 0.25) is 0 Å². The summed E-state index contributed by atoms with van der Waals surface area (Å²) >= 11 is 0. The van der Waals surface area contributed by atoms with Gasteiger partial charge in [-0.05, 0) is 24.0 Å². The molecule has 17 heavy (non-hydrogen) atoms. The molecule has 0 saturated heterocycles. The molecule has 1 aromatic carbocycles. The molecule has 3 heteroatoms. The van der Waals surface area contributed by atoms with Gasteiger partial charge in [0.25, 0.3) is 0 Å². The maximum Gasteiger partial charge on any atom is 0.0790 e. The molecule has 0 aromatic heterocycles. The summed E-state index contributed by atoms with van der Waals surface area (Å²) in [5.74, 6) is 0. The molecule has 0 unspecified atom stereocenters. The molecule has 0 atom stereocenters. The van der Waals surface area contributed by atoms with Gasteiger partial charge in [-0.1, -0.05) is 37.1 Å². The van der Waals surface area contributed by atoms with E-state index in [0.29, 0.717) is 12.7 Å². The first-order valence-electron chi connectivity index (χ1n) is 6.34. The van der Waals surface area contributed by atoms with Crippen LogP contribution in [0.2, 0.25) is 0 Å². The number of ether oxygens (including phenoxy) is 1. The summed E-state index contributed by atoms with van der Waals surface area (Å²) in [5.41, 5.74) is 5.51. The molecule has 94 valence electrons. The molecule has 1 aliphatic carbocycles. The zero-order valence-electron chi connectivity index (χ0n) is 10.4. The van der Waals surface area contributed by atoms with Crippen LogP contribution in [0.4, 0.5) is 0 Å². The molecule has 1 N–H and O–H groups in total. The average Bonchev–Trinajstić information content (AvgIpc) is 2.83. The Labute approximate surface area is 103 Å². The minimum atomic E-state index is 0.414. The minimum absolute atomic E-state index is 0.414. The number of nitrogens with one attached hydrogen (secondary N) is 1. The Morgan fingerprint density at radius 3 is 2.76 bits per heavy atom. The zero-order chi connectivity index (χ0) is 11.9. The van der Waals surface area contributed by atoms with E-state index in [-0.39, 0.29) is 0 Å². The van der Waals surface area contributed by atoms with Gasteiger partial charge in [0, 0.05) is 13.7 Å². The smallest absolute Gasteiger partial charge is 0.0790 e. The standard InChI is InChI=1S/C14H21NO2/c1-16-11-13-6-4-5-12(9-13)10-15-17-14-7-2-3-8-14/h4-6,9,14-15H,2-3,7-8,10-11H2,1H3. The highest BCUT2D eigenvalue weighted by Gasteiger charge is 2.15. The normalized spacial score (nSPS) is 16.5. The Morgan fingerprint density at radius 1 is 1.24 bits per heavy atom. The summed E-state index contributed by atoms with van der Waals surface area (Å²) in [5, 5.41) is 0. The Kier molecular flexibility index (Phi) is 4.98. The van der Waals surface area contributed by atoms with Gasteiger partial charge in [0.1, 0.15) is 0 Å². The fourth-order valence-electron chi connectivity index (χ4n) is 2.25. The van der Waals surface area contributed by atoms with Crippen molar-refractivity contribution in [3.63, 3.8) is 0 Å². The van der Waals surface area contributed by atoms with Crippen LogP contribution in [-0.4, -0.2) is 13.2 Å². The first-order valence-corrected chi connectivity index (χ1v) is 6.34. The van der Waals surface area contributed by atoms with Crippen LogP contribution in [0, 0.1) is 0 Å². The maximum atomic E-state index is 5.63. The van der Waals surface area contributed by atoms with Crippen LogP contribution in [0.3, 0.4) is 0 Å². The van der Waals surface area contributed by atoms with E-state index < -0.39 is 0 Å². The summed E-state index contributed by atoms with van der Waals surface area (Å²) in [6.45, 7) is 1.42. The molecule has 0 amide bonds. The lowest BCUT2D eigenvalue weighted by Crippen LogP contribution is -2.21. The van der Waals surface area contributed by atoms with Crippen LogP contribution in [0.25, 0.3) is 0 Å². The second-order valence-corrected chi connectivity index (χ2v) is 4.60. The van der Waals surface area contributed by atoms with Crippen molar-refractivity contribution in [1.82, 2.24) is 5.48 Å². The lowest BCUT2D eigenvalue weighted by atomic mass is 10.1. The van der Waals surface area contributed by atoms with Gasteiger partial charge in [-0.15, -0.1) is 0 Å². The molecule has 2 rings (SSSR count). The third-order valence-electron chi connectivity index (χ3n) is 3.13. The number of methoxy groups -OCH3 is 1. The molecule has 3 nitrogen and oxygen atoms in total. The summed E-state index contributed by atoms with van der Waals surface area (Å²) in [6.07, 6.45) is 5.40. The van der Waals surface area contributed by atoms with Gasteiger partial charge >= 0.3 is 0 Å². The second-order valence-electron chi connectivity index (χ2n) is 4.60. The predicted molar refractivity (Wildman–Crippen MR) is 67.3 cm³/mol. The van der Waals surface area contributed by atoms with Gasteiger partial charge in [0.15, 0.2) is 0 Å². The van der Waals surface area contributed by atoms with Crippen LogP contribution in [0.1, 0.15) is 36.8 Å². The Morgan fingerprint density at radius 2 is 2.00 bits per heavy atom. The number of hydroxylamine groups is 1. The van der Waals surface area contributed by atoms with Crippen LogP contribution in [-0.2, 0) is 22.7 Å². The van der Waals surface area contributed by atoms with E-state index in [1.165, 1.54) is 36.8 Å². The fourth-order valence-corrected chi connectivity index (χ4v) is 2.25. The number of hydrogen-bond donors (Lipinski definition) is 1. The number of hydrogen-bond acceptors (Lipinski definition) is 3. The van der Waals surface area contributed by atoms with Crippen molar-refractivity contribution in [2.75, 3.05) is 7.11 Å². The van der Waals surface area contributed by atoms with Crippen LogP contribution in [0.15, 0.2) is 24.3 Å². The molecule has 0 spiro atoms. The van der Waals surface area contributed by atoms with E-state index in [9.17, 15) is 0 Å². The molecule has 0 bridgehead atoms. The third-order valence-corrected chi connectivity index (χ3v) is 3.13. The molecular weight excluding hydrogens is 214 g/mol. The number of rotatable bonds is 6. The highest BCUT2D eigenvalue weighted by Crippen LogP contribution is 2.20. The van der Waals surface area contributed by atoms with Crippen molar-refractivity contribution < 1.29 is 9.57 Å². The first kappa shape index (κ1) is 12.6. The molecule has 0 aliphatic heterocycles. The first-order chi connectivity index (χ1) is 8.38. The van der Waals surface area contributed by atoms with E-state index in [1.807, 2.05) is 0 Å². The SMILES string of the molecule is COCc1cccc(CNOC2CCCC2)c1. The highest BCUT2D eigenvalue weighted by atomic mass is 16.7. The monoisotopic (exact) mass is 235 g/mol. The van der Waals surface area contributed by atoms with Gasteiger partial charge in [-0.25, -0.2) is 0 Å². The molecule has 1 aliphatic rings. The Hall–Kier alpha value is -0.900. The number of benzene rings is 1. The Bertz CT molecular complexity index is 335. The molecule has 1 fully saturated rings. The summed E-state index contributed by atoms with van der Waals surface area (Å²) < 4.78 is 5.12. The molecule has 1 aromatic rings. The van der Waals surface area contributed by atoms with Crippen LogP contribution < -0.4 is 5.48 Å². The Balaban J connectivity index is 1.75. The van der Waals surface area contributed by atoms with Gasteiger partial charge in [-0.2, -0.15) is 5.48 Å². The fraction of sp³-hybridized carbons (Fsp3) is 0.571. The van der Waals surface area contributed by atoms with Crippen LogP contribution >= 0.6 is 0 Å². The summed E-state index contributed by atoms with van der Waals surface area (Å²) in [6, 6.07) is 8.38. The zero-order valence-corrected chi connectivity index (χ0v) is 10.4. The topological polar surface area (TPSA) is 30.5 Å². The predicted octanol–water partition coefficient (Wildman–Crippen LogP) is 2.80. The maximum absolute atomic E-state index is 5.63. The third kappa shape index (κ3) is 4.11. The van der Waals surface area contributed by atoms with Crippen molar-refractivity contribution in [3.8, 4) is 0 Å². The van der Waals surface area contributed by atoms with E-state index >= 15 is 0 Å². The minimum Gasteiger partial charge on any atom is -0.380 e. The summed E-state index contributed by atoms with van der Waals surface area (Å²) in [4.78, 5) is 5.63. The highest BCUT2D eigenvalue weighted by molar-refractivity contribution is 5.22. The van der Waals surface area contributed by atoms with Crippen molar-refractivity contribution in [2.24, 2.45) is 0 Å². The molecular formula is C14H21NO2. The second kappa shape index (κ2) is 6.74. The van der Waals surface area contributed by atoms with Crippen molar-refractivity contribution in [1.29, 1.82) is 0 Å². The van der Waals surface area contributed by atoms with Crippen LogP contribution in [0.5, 0.6) is 0 Å². The molecule has 1 saturated carbocycles. The van der Waals surface area contributed by atoms with Gasteiger partial charge in [0.05, 0.1) is 12.7 Å². The average molecular weight is 235 g/mol. The van der Waals surface area contributed by atoms with E-state index in [4.69, 9.17) is 9.57 Å². The molecule has 0 heterocycles. The summed E-state index contributed by atoms with van der Waals surface area (Å²) in [7, 11) is 1.72. The lowest BCUT2D eigenvalue weighted by Gasteiger charge is -2.12. The van der Waals surface area contributed by atoms with Gasteiger partial charge < -0.3 is 4.74 Å².